The number of amides is 3. The van der Waals surface area contributed by atoms with Crippen LogP contribution in [-0.2, 0) is 22.7 Å². The Morgan fingerprint density at radius 2 is 1.46 bits per heavy atom. The van der Waals surface area contributed by atoms with Gasteiger partial charge in [0.15, 0.2) is 0 Å². The number of anilines is 1. The molecule has 4 aliphatic heterocycles. The number of piperidine rings is 3. The van der Waals surface area contributed by atoms with E-state index in [9.17, 15) is 14.4 Å². The van der Waals surface area contributed by atoms with Gasteiger partial charge in [-0.15, -0.1) is 0 Å². The van der Waals surface area contributed by atoms with E-state index < -0.39 is 6.04 Å². The lowest BCUT2D eigenvalue weighted by atomic mass is 9.87. The van der Waals surface area contributed by atoms with E-state index in [4.69, 9.17) is 4.98 Å². The first kappa shape index (κ1) is 29.4. The van der Waals surface area contributed by atoms with Crippen LogP contribution in [0.1, 0.15) is 107 Å². The lowest BCUT2D eigenvalue weighted by Gasteiger charge is -2.34. The molecule has 46 heavy (non-hydrogen) atoms. The van der Waals surface area contributed by atoms with E-state index >= 15 is 0 Å². The summed E-state index contributed by atoms with van der Waals surface area (Å²) in [6.07, 6.45) is 9.95. The normalized spacial score (nSPS) is 23.1. The molecule has 4 fully saturated rings. The molecule has 1 N–H and O–H groups in total. The fourth-order valence-electron chi connectivity index (χ4n) is 8.09. The second-order valence-corrected chi connectivity index (χ2v) is 14.1. The van der Waals surface area contributed by atoms with E-state index in [-0.39, 0.29) is 24.1 Å². The summed E-state index contributed by atoms with van der Waals surface area (Å²) < 4.78 is 0. The van der Waals surface area contributed by atoms with Crippen LogP contribution in [0.5, 0.6) is 0 Å². The first-order valence-electron chi connectivity index (χ1n) is 17.3. The lowest BCUT2D eigenvalue weighted by Crippen LogP contribution is -2.52. The minimum absolute atomic E-state index is 0.104. The van der Waals surface area contributed by atoms with E-state index in [1.165, 1.54) is 40.9 Å². The molecule has 1 atom stereocenters. The van der Waals surface area contributed by atoms with Gasteiger partial charge >= 0.3 is 0 Å². The average Bonchev–Trinajstić information content (AvgIpc) is 3.89. The molecule has 3 aromatic rings. The number of aromatic nitrogens is 1. The fourth-order valence-corrected chi connectivity index (χ4v) is 8.09. The van der Waals surface area contributed by atoms with Gasteiger partial charge in [-0.05, 0) is 116 Å². The lowest BCUT2D eigenvalue weighted by molar-refractivity contribution is -0.136. The maximum Gasteiger partial charge on any atom is 0.255 e. The van der Waals surface area contributed by atoms with Crippen LogP contribution in [0.25, 0.3) is 0 Å². The van der Waals surface area contributed by atoms with Gasteiger partial charge in [0, 0.05) is 61.7 Å². The quantitative estimate of drug-likeness (QED) is 0.354. The largest absolute Gasteiger partial charge is 0.371 e. The van der Waals surface area contributed by atoms with Crippen molar-refractivity contribution in [2.24, 2.45) is 0 Å². The molecule has 2 aromatic carbocycles. The van der Waals surface area contributed by atoms with Crippen LogP contribution in [0.4, 0.5) is 5.69 Å². The Morgan fingerprint density at radius 3 is 2.15 bits per heavy atom. The Labute approximate surface area is 271 Å². The van der Waals surface area contributed by atoms with E-state index in [1.807, 2.05) is 6.07 Å². The number of imide groups is 1. The number of fused-ring (bicyclic) bond motifs is 1. The first-order chi connectivity index (χ1) is 22.5. The average molecular weight is 618 g/mol. The Kier molecular flexibility index (Phi) is 7.84. The Morgan fingerprint density at radius 1 is 0.739 bits per heavy atom. The van der Waals surface area contributed by atoms with E-state index in [2.05, 4.69) is 69.8 Å². The van der Waals surface area contributed by atoms with Gasteiger partial charge in [0.2, 0.25) is 11.8 Å². The molecule has 3 amide bonds. The predicted octanol–water partition coefficient (Wildman–Crippen LogP) is 5.48. The molecular formula is C38H43N5O3. The van der Waals surface area contributed by atoms with Crippen LogP contribution in [0.3, 0.4) is 0 Å². The number of hydrogen-bond acceptors (Lipinski definition) is 6. The molecule has 8 rings (SSSR count). The molecule has 0 bridgehead atoms. The van der Waals surface area contributed by atoms with Crippen LogP contribution >= 0.6 is 0 Å². The van der Waals surface area contributed by atoms with Gasteiger partial charge in [-0.25, -0.2) is 0 Å². The first-order valence-corrected chi connectivity index (χ1v) is 17.3. The van der Waals surface area contributed by atoms with Crippen molar-refractivity contribution in [3.05, 3.63) is 94.3 Å². The van der Waals surface area contributed by atoms with Gasteiger partial charge in [0.05, 0.1) is 0 Å². The van der Waals surface area contributed by atoms with Crippen molar-refractivity contribution in [2.45, 2.75) is 88.3 Å². The summed E-state index contributed by atoms with van der Waals surface area (Å²) >= 11 is 0. The van der Waals surface area contributed by atoms with Crippen molar-refractivity contribution in [2.75, 3.05) is 31.1 Å². The number of nitrogens with one attached hydrogen (secondary N) is 1. The number of nitrogens with zero attached hydrogens (tertiary/aromatic N) is 4. The van der Waals surface area contributed by atoms with Gasteiger partial charge in [-0.1, -0.05) is 30.3 Å². The van der Waals surface area contributed by atoms with Crippen molar-refractivity contribution in [3.63, 3.8) is 0 Å². The maximum absolute atomic E-state index is 13.1. The third kappa shape index (κ3) is 5.95. The number of hydrogen-bond donors (Lipinski definition) is 1. The summed E-state index contributed by atoms with van der Waals surface area (Å²) in [5, 5.41) is 2.39. The zero-order chi connectivity index (χ0) is 31.2. The molecule has 1 aromatic heterocycles. The van der Waals surface area contributed by atoms with Crippen molar-refractivity contribution in [1.82, 2.24) is 20.1 Å². The third-order valence-electron chi connectivity index (χ3n) is 11.1. The molecule has 0 spiro atoms. The number of pyridine rings is 1. The van der Waals surface area contributed by atoms with Gasteiger partial charge in [0.1, 0.15) is 6.04 Å². The highest BCUT2D eigenvalue weighted by Crippen LogP contribution is 2.40. The number of carbonyl (C=O) groups excluding carboxylic acids is 3. The van der Waals surface area contributed by atoms with Gasteiger partial charge < -0.3 is 9.80 Å². The number of benzene rings is 2. The molecule has 8 heteroatoms. The van der Waals surface area contributed by atoms with Crippen LogP contribution in [0.15, 0.2) is 60.8 Å². The molecule has 8 nitrogen and oxygen atoms in total. The highest BCUT2D eigenvalue weighted by molar-refractivity contribution is 6.05. The molecule has 1 saturated carbocycles. The molecule has 1 aliphatic carbocycles. The monoisotopic (exact) mass is 617 g/mol. The standard InChI is InChI=1S/C38H43N5O3/c44-36-12-11-35(37(45)40-36)43-24-31-21-29(5-9-33(31)38(43)46)27-13-17-41(18-14-27)23-25-1-7-32(8-2-25)42-19-15-28(16-20-42)34-10-6-30(22-39-34)26-3-4-26/h1-2,5-10,21-22,26-28,35H,3-4,11-20,23-24H2,(H,40,44,45). The highest BCUT2D eigenvalue weighted by Gasteiger charge is 2.39. The third-order valence-corrected chi connectivity index (χ3v) is 11.1. The number of rotatable bonds is 7. The van der Waals surface area contributed by atoms with Crippen molar-refractivity contribution in [1.29, 1.82) is 0 Å². The molecule has 0 radical (unpaired) electrons. The summed E-state index contributed by atoms with van der Waals surface area (Å²) in [6.45, 7) is 5.66. The predicted molar refractivity (Wildman–Crippen MR) is 177 cm³/mol. The second kappa shape index (κ2) is 12.3. The van der Waals surface area contributed by atoms with Crippen molar-refractivity contribution >= 4 is 23.4 Å². The second-order valence-electron chi connectivity index (χ2n) is 14.1. The zero-order valence-electron chi connectivity index (χ0n) is 26.5. The van der Waals surface area contributed by atoms with E-state index in [0.29, 0.717) is 30.4 Å². The van der Waals surface area contributed by atoms with E-state index in [0.717, 1.165) is 69.9 Å². The molecule has 5 heterocycles. The summed E-state index contributed by atoms with van der Waals surface area (Å²) in [5.74, 6) is 1.09. The summed E-state index contributed by atoms with van der Waals surface area (Å²) in [4.78, 5) is 48.6. The van der Waals surface area contributed by atoms with Gasteiger partial charge in [-0.3, -0.25) is 29.6 Å². The van der Waals surface area contributed by atoms with E-state index in [1.54, 1.807) is 4.90 Å². The SMILES string of the molecule is O=C1CCC(N2Cc3cc(C4CCN(Cc5ccc(N6CCC(c7ccc(C8CC8)cn7)CC6)cc5)CC4)ccc3C2=O)C(=O)N1. The summed E-state index contributed by atoms with van der Waals surface area (Å²) in [6, 6.07) is 19.5. The topological polar surface area (TPSA) is 85.9 Å². The van der Waals surface area contributed by atoms with Crippen LogP contribution in [0.2, 0.25) is 0 Å². The Balaban J connectivity index is 0.814. The summed E-state index contributed by atoms with van der Waals surface area (Å²) in [7, 11) is 0. The fraction of sp³-hybridized carbons (Fsp3) is 0.474. The van der Waals surface area contributed by atoms with Gasteiger partial charge in [0.25, 0.3) is 5.91 Å². The van der Waals surface area contributed by atoms with Crippen LogP contribution < -0.4 is 10.2 Å². The van der Waals surface area contributed by atoms with Crippen LogP contribution in [-0.4, -0.2) is 64.7 Å². The number of likely N-dealkylation sites (tertiary alicyclic amines) is 1. The minimum atomic E-state index is -0.567. The molecule has 1 unspecified atom stereocenters. The van der Waals surface area contributed by atoms with Crippen molar-refractivity contribution < 1.29 is 14.4 Å². The van der Waals surface area contributed by atoms with Crippen molar-refractivity contribution in [3.8, 4) is 0 Å². The maximum atomic E-state index is 13.1. The minimum Gasteiger partial charge on any atom is -0.371 e. The molecule has 3 saturated heterocycles. The molecule has 238 valence electrons. The Bertz CT molecular complexity index is 1620. The van der Waals surface area contributed by atoms with Crippen LogP contribution in [0, 0.1) is 0 Å². The Hall–Kier alpha value is -4.04. The molecule has 5 aliphatic rings. The summed E-state index contributed by atoms with van der Waals surface area (Å²) in [5.41, 5.74) is 8.35. The number of carbonyl (C=O) groups is 3. The highest BCUT2D eigenvalue weighted by atomic mass is 16.2. The molecular weight excluding hydrogens is 574 g/mol. The van der Waals surface area contributed by atoms with Gasteiger partial charge in [-0.2, -0.15) is 0 Å². The smallest absolute Gasteiger partial charge is 0.255 e. The zero-order valence-corrected chi connectivity index (χ0v) is 26.5.